The summed E-state index contributed by atoms with van der Waals surface area (Å²) >= 11 is 0. The average molecular weight is 595 g/mol. The van der Waals surface area contributed by atoms with Gasteiger partial charge < -0.3 is 9.67 Å². The van der Waals surface area contributed by atoms with Crippen molar-refractivity contribution < 1.29 is 9.90 Å². The SMILES string of the molecule is CCCCCCc1cc2nc(CCCCC)n(Cc3ccc(-c4ccccc4C(=O)O)cc3)c2cc(CCCCCC)c1=O. The maximum atomic E-state index is 13.8. The fraction of sp³-hybridized carbons (Fsp3) is 0.462. The summed E-state index contributed by atoms with van der Waals surface area (Å²) in [5.74, 6) is 0.147. The van der Waals surface area contributed by atoms with Crippen LogP contribution in [0, 0.1) is 0 Å². The van der Waals surface area contributed by atoms with Gasteiger partial charge in [0.2, 0.25) is 0 Å². The van der Waals surface area contributed by atoms with Gasteiger partial charge in [-0.25, -0.2) is 9.78 Å². The van der Waals surface area contributed by atoms with E-state index in [1.807, 2.05) is 24.3 Å². The van der Waals surface area contributed by atoms with E-state index in [2.05, 4.69) is 49.6 Å². The zero-order valence-corrected chi connectivity index (χ0v) is 27.0. The lowest BCUT2D eigenvalue weighted by molar-refractivity contribution is 0.0697. The molecule has 44 heavy (non-hydrogen) atoms. The molecule has 1 N–H and O–H groups in total. The van der Waals surface area contributed by atoms with Crippen LogP contribution >= 0.6 is 0 Å². The van der Waals surface area contributed by atoms with Crippen LogP contribution in [0.25, 0.3) is 22.2 Å². The highest BCUT2D eigenvalue weighted by atomic mass is 16.4. The second-order valence-corrected chi connectivity index (χ2v) is 12.2. The van der Waals surface area contributed by atoms with Gasteiger partial charge in [0.1, 0.15) is 5.82 Å². The number of hydrogen-bond donors (Lipinski definition) is 1. The molecule has 3 aromatic carbocycles. The fourth-order valence-electron chi connectivity index (χ4n) is 6.11. The van der Waals surface area contributed by atoms with Gasteiger partial charge in [-0.2, -0.15) is 0 Å². The molecule has 1 aromatic heterocycles. The molecule has 5 heteroatoms. The molecule has 0 aliphatic rings. The second kappa shape index (κ2) is 16.9. The van der Waals surface area contributed by atoms with E-state index >= 15 is 0 Å². The van der Waals surface area contributed by atoms with Crippen molar-refractivity contribution in [2.45, 2.75) is 117 Å². The Morgan fingerprint density at radius 2 is 1.32 bits per heavy atom. The number of benzene rings is 2. The van der Waals surface area contributed by atoms with Crippen molar-refractivity contribution in [2.24, 2.45) is 0 Å². The zero-order chi connectivity index (χ0) is 31.3. The fourth-order valence-corrected chi connectivity index (χ4v) is 6.11. The first-order valence-corrected chi connectivity index (χ1v) is 16.9. The largest absolute Gasteiger partial charge is 0.478 e. The second-order valence-electron chi connectivity index (χ2n) is 12.2. The number of carboxylic acid groups (broad SMARTS) is 1. The Morgan fingerprint density at radius 3 is 1.95 bits per heavy atom. The number of carboxylic acids is 1. The van der Waals surface area contributed by atoms with Gasteiger partial charge in [-0.1, -0.05) is 115 Å². The number of hydrogen-bond acceptors (Lipinski definition) is 3. The number of aryl methyl sites for hydroxylation is 3. The molecule has 0 atom stereocenters. The van der Waals surface area contributed by atoms with Gasteiger partial charge in [-0.05, 0) is 67.0 Å². The Labute approximate surface area is 263 Å². The molecular formula is C39H50N2O3. The summed E-state index contributed by atoms with van der Waals surface area (Å²) in [5, 5.41) is 9.67. The van der Waals surface area contributed by atoms with Gasteiger partial charge in [0.05, 0.1) is 16.6 Å². The third-order valence-electron chi connectivity index (χ3n) is 8.69. The van der Waals surface area contributed by atoms with Gasteiger partial charge >= 0.3 is 5.97 Å². The predicted octanol–water partition coefficient (Wildman–Crippen LogP) is 9.79. The lowest BCUT2D eigenvalue weighted by Gasteiger charge is -2.11. The van der Waals surface area contributed by atoms with Crippen LogP contribution in [0.4, 0.5) is 0 Å². The number of imidazole rings is 1. The van der Waals surface area contributed by atoms with Gasteiger partial charge in [-0.3, -0.25) is 4.79 Å². The minimum atomic E-state index is -0.924. The minimum Gasteiger partial charge on any atom is -0.478 e. The molecule has 0 bridgehead atoms. The van der Waals surface area contributed by atoms with Crippen LogP contribution in [0.3, 0.4) is 0 Å². The molecule has 0 saturated carbocycles. The molecule has 0 radical (unpaired) electrons. The van der Waals surface area contributed by atoms with Crippen LogP contribution in [0.15, 0.2) is 65.5 Å². The Balaban J connectivity index is 1.75. The van der Waals surface area contributed by atoms with Crippen molar-refractivity contribution in [1.29, 1.82) is 0 Å². The van der Waals surface area contributed by atoms with E-state index in [1.165, 1.54) is 25.7 Å². The minimum absolute atomic E-state index is 0.205. The Morgan fingerprint density at radius 1 is 0.727 bits per heavy atom. The van der Waals surface area contributed by atoms with Crippen LogP contribution in [0.1, 0.15) is 124 Å². The summed E-state index contributed by atoms with van der Waals surface area (Å²) in [6.45, 7) is 7.31. The lowest BCUT2D eigenvalue weighted by Crippen LogP contribution is -2.12. The van der Waals surface area contributed by atoms with Crippen LogP contribution in [-0.4, -0.2) is 20.6 Å². The molecule has 4 aromatic rings. The Hall–Kier alpha value is -3.73. The molecule has 5 nitrogen and oxygen atoms in total. The van der Waals surface area contributed by atoms with E-state index in [-0.39, 0.29) is 5.43 Å². The maximum absolute atomic E-state index is 13.8. The van der Waals surface area contributed by atoms with Crippen LogP contribution < -0.4 is 5.43 Å². The zero-order valence-electron chi connectivity index (χ0n) is 27.0. The normalized spacial score (nSPS) is 11.3. The highest BCUT2D eigenvalue weighted by Crippen LogP contribution is 2.26. The van der Waals surface area contributed by atoms with Gasteiger partial charge in [0, 0.05) is 24.1 Å². The van der Waals surface area contributed by atoms with Gasteiger partial charge in [-0.15, -0.1) is 0 Å². The standard InChI is InChI=1S/C39H50N2O3/c1-4-7-10-13-17-31-26-35-36(27-32(38(31)42)18-14-11-8-5-2)41(37(40-35)21-12-9-6-3)28-29-22-24-30(25-23-29)33-19-15-16-20-34(33)39(43)44/h15-16,19-20,22-27H,4-14,17-18,21,28H2,1-3H3,(H,43,44). The van der Waals surface area contributed by atoms with Gasteiger partial charge in [0.15, 0.2) is 5.43 Å². The van der Waals surface area contributed by atoms with E-state index in [9.17, 15) is 14.7 Å². The first-order valence-electron chi connectivity index (χ1n) is 16.9. The summed E-state index contributed by atoms with van der Waals surface area (Å²) in [5.41, 5.74) is 7.02. The number of nitrogens with zero attached hydrogens (tertiary/aromatic N) is 2. The molecule has 1 heterocycles. The van der Waals surface area contributed by atoms with Gasteiger partial charge in [0.25, 0.3) is 0 Å². The molecule has 0 saturated heterocycles. The van der Waals surface area contributed by atoms with E-state index in [0.29, 0.717) is 17.7 Å². The third kappa shape index (κ3) is 8.68. The number of carbonyl (C=O) groups is 1. The van der Waals surface area contributed by atoms with E-state index in [0.717, 1.165) is 103 Å². The molecule has 0 aliphatic heterocycles. The van der Waals surface area contributed by atoms with Crippen LogP contribution in [-0.2, 0) is 25.8 Å². The van der Waals surface area contributed by atoms with Crippen molar-refractivity contribution in [1.82, 2.24) is 9.55 Å². The number of rotatable bonds is 18. The van der Waals surface area contributed by atoms with E-state index < -0.39 is 5.97 Å². The first kappa shape index (κ1) is 33.2. The summed E-state index contributed by atoms with van der Waals surface area (Å²) in [6.07, 6.45) is 15.0. The average Bonchev–Trinajstić information content (AvgIpc) is 3.27. The highest BCUT2D eigenvalue weighted by Gasteiger charge is 2.16. The van der Waals surface area contributed by atoms with E-state index in [1.54, 1.807) is 12.1 Å². The molecular weight excluding hydrogens is 544 g/mol. The highest BCUT2D eigenvalue weighted by molar-refractivity contribution is 5.96. The van der Waals surface area contributed by atoms with Crippen molar-refractivity contribution >= 4 is 17.0 Å². The number of aromatic carboxylic acids is 1. The summed E-state index contributed by atoms with van der Waals surface area (Å²) in [4.78, 5) is 30.8. The smallest absolute Gasteiger partial charge is 0.336 e. The van der Waals surface area contributed by atoms with Crippen molar-refractivity contribution in [3.05, 3.63) is 99.0 Å². The van der Waals surface area contributed by atoms with E-state index in [4.69, 9.17) is 4.98 Å². The molecule has 4 rings (SSSR count). The molecule has 0 fully saturated rings. The molecule has 0 unspecified atom stereocenters. The summed E-state index contributed by atoms with van der Waals surface area (Å²) in [7, 11) is 0. The monoisotopic (exact) mass is 594 g/mol. The van der Waals surface area contributed by atoms with Crippen LogP contribution in [0.2, 0.25) is 0 Å². The predicted molar refractivity (Wildman–Crippen MR) is 183 cm³/mol. The molecule has 0 aliphatic carbocycles. The van der Waals surface area contributed by atoms with Crippen molar-refractivity contribution in [2.75, 3.05) is 0 Å². The number of fused-ring (bicyclic) bond motifs is 1. The molecule has 0 spiro atoms. The Bertz CT molecular complexity index is 1570. The van der Waals surface area contributed by atoms with Crippen LogP contribution in [0.5, 0.6) is 0 Å². The molecule has 0 amide bonds. The maximum Gasteiger partial charge on any atom is 0.336 e. The Kier molecular flexibility index (Phi) is 12.8. The number of aromatic nitrogens is 2. The quantitative estimate of drug-likeness (QED) is 0.116. The topological polar surface area (TPSA) is 72.2 Å². The summed E-state index contributed by atoms with van der Waals surface area (Å²) < 4.78 is 2.32. The van der Waals surface area contributed by atoms with Crippen molar-refractivity contribution in [3.63, 3.8) is 0 Å². The molecule has 234 valence electrons. The third-order valence-corrected chi connectivity index (χ3v) is 8.69. The first-order chi connectivity index (χ1) is 21.5. The van der Waals surface area contributed by atoms with Crippen molar-refractivity contribution in [3.8, 4) is 11.1 Å². The number of unbranched alkanes of at least 4 members (excludes halogenated alkanes) is 8. The summed E-state index contributed by atoms with van der Waals surface area (Å²) in [6, 6.07) is 19.6. The lowest BCUT2D eigenvalue weighted by atomic mass is 9.99.